The molecule has 4 rings (SSSR count). The van der Waals surface area contributed by atoms with Gasteiger partial charge in [0.1, 0.15) is 10.6 Å². The van der Waals surface area contributed by atoms with Gasteiger partial charge < -0.3 is 14.5 Å². The molecule has 0 radical (unpaired) electrons. The van der Waals surface area contributed by atoms with Gasteiger partial charge in [-0.25, -0.2) is 4.79 Å². The minimum atomic E-state index is -0.477. The van der Waals surface area contributed by atoms with E-state index >= 15 is 0 Å². The van der Waals surface area contributed by atoms with Gasteiger partial charge in [-0.2, -0.15) is 0 Å². The van der Waals surface area contributed by atoms with Crippen molar-refractivity contribution in [3.8, 4) is 0 Å². The van der Waals surface area contributed by atoms with Gasteiger partial charge in [0, 0.05) is 6.42 Å². The standard InChI is InChI=1S/C27H31NO4S/c1-16-13-19-20(27(4,5)11-10-26(19,2)3)15-17(16)14-18-7-8-22(32-18)24(29)28-21-9-12-33-23(21)25(30)31-6/h7-9,12-13,15H,10-11,14H2,1-6H3,(H,28,29). The van der Waals surface area contributed by atoms with Crippen molar-refractivity contribution >= 4 is 28.9 Å². The van der Waals surface area contributed by atoms with E-state index in [2.05, 4.69) is 52.1 Å². The van der Waals surface area contributed by atoms with Gasteiger partial charge in [0.05, 0.1) is 12.8 Å². The van der Waals surface area contributed by atoms with Gasteiger partial charge >= 0.3 is 5.97 Å². The number of furan rings is 1. The smallest absolute Gasteiger partial charge is 0.350 e. The molecule has 1 aliphatic rings. The van der Waals surface area contributed by atoms with Crippen molar-refractivity contribution in [2.24, 2.45) is 0 Å². The maximum Gasteiger partial charge on any atom is 0.350 e. The lowest BCUT2D eigenvalue weighted by molar-refractivity contribution is 0.0607. The summed E-state index contributed by atoms with van der Waals surface area (Å²) in [5.41, 5.74) is 6.04. The van der Waals surface area contributed by atoms with E-state index in [1.807, 2.05) is 6.07 Å². The second-order valence-electron chi connectivity index (χ2n) is 10.1. The Labute approximate surface area is 199 Å². The number of fused-ring (bicyclic) bond motifs is 1. The summed E-state index contributed by atoms with van der Waals surface area (Å²) in [5, 5.41) is 4.48. The highest BCUT2D eigenvalue weighted by Gasteiger charge is 2.37. The van der Waals surface area contributed by atoms with Crippen LogP contribution in [0.1, 0.15) is 88.8 Å². The summed E-state index contributed by atoms with van der Waals surface area (Å²) in [6.45, 7) is 11.5. The predicted molar refractivity (Wildman–Crippen MR) is 132 cm³/mol. The molecule has 33 heavy (non-hydrogen) atoms. The molecule has 0 fully saturated rings. The number of benzene rings is 1. The Hall–Kier alpha value is -2.86. The zero-order chi connectivity index (χ0) is 24.0. The third kappa shape index (κ3) is 4.49. The molecule has 3 aromatic rings. The zero-order valence-corrected chi connectivity index (χ0v) is 20.9. The van der Waals surface area contributed by atoms with E-state index in [1.54, 1.807) is 17.5 Å². The van der Waals surface area contributed by atoms with Gasteiger partial charge in [-0.15, -0.1) is 11.3 Å². The lowest BCUT2D eigenvalue weighted by Gasteiger charge is -2.42. The van der Waals surface area contributed by atoms with E-state index in [1.165, 1.54) is 47.1 Å². The summed E-state index contributed by atoms with van der Waals surface area (Å²) in [4.78, 5) is 24.9. The van der Waals surface area contributed by atoms with Crippen LogP contribution in [0.3, 0.4) is 0 Å². The first-order valence-corrected chi connectivity index (χ1v) is 12.1. The first-order valence-electron chi connectivity index (χ1n) is 11.2. The molecule has 2 aromatic heterocycles. The van der Waals surface area contributed by atoms with Crippen LogP contribution in [0, 0.1) is 6.92 Å². The lowest BCUT2D eigenvalue weighted by Crippen LogP contribution is -2.34. The highest BCUT2D eigenvalue weighted by molar-refractivity contribution is 7.12. The Morgan fingerprint density at radius 2 is 1.73 bits per heavy atom. The third-order valence-electron chi connectivity index (χ3n) is 6.84. The van der Waals surface area contributed by atoms with E-state index in [0.717, 1.165) is 12.2 Å². The fourth-order valence-corrected chi connectivity index (χ4v) is 5.35. The quantitative estimate of drug-likeness (QED) is 0.430. The molecule has 6 heteroatoms. The molecule has 0 bridgehead atoms. The Bertz CT molecular complexity index is 1210. The lowest BCUT2D eigenvalue weighted by atomic mass is 9.62. The molecular weight excluding hydrogens is 434 g/mol. The molecule has 0 spiro atoms. The Morgan fingerprint density at radius 3 is 2.39 bits per heavy atom. The van der Waals surface area contributed by atoms with Crippen LogP contribution in [0.5, 0.6) is 0 Å². The molecule has 1 aliphatic carbocycles. The van der Waals surface area contributed by atoms with Crippen molar-refractivity contribution in [1.29, 1.82) is 0 Å². The Kier molecular flexibility index (Phi) is 5.99. The monoisotopic (exact) mass is 465 g/mol. The number of nitrogens with one attached hydrogen (secondary N) is 1. The number of methoxy groups -OCH3 is 1. The van der Waals surface area contributed by atoms with Crippen LogP contribution in [0.25, 0.3) is 0 Å². The number of ether oxygens (including phenoxy) is 1. The number of carbonyl (C=O) groups excluding carboxylic acids is 2. The van der Waals surface area contributed by atoms with Crippen molar-refractivity contribution in [3.63, 3.8) is 0 Å². The van der Waals surface area contributed by atoms with E-state index < -0.39 is 11.9 Å². The normalized spacial score (nSPS) is 16.2. The number of thiophene rings is 1. The molecule has 0 aliphatic heterocycles. The summed E-state index contributed by atoms with van der Waals surface area (Å²) in [5.74, 6) is 0.0722. The van der Waals surface area contributed by atoms with Gasteiger partial charge in [0.25, 0.3) is 5.91 Å². The topological polar surface area (TPSA) is 68.5 Å². The minimum Gasteiger partial charge on any atom is -0.465 e. The highest BCUT2D eigenvalue weighted by atomic mass is 32.1. The number of anilines is 1. The molecule has 1 aromatic carbocycles. The van der Waals surface area contributed by atoms with Crippen molar-refractivity contribution in [1.82, 2.24) is 0 Å². The molecule has 1 amide bonds. The SMILES string of the molecule is COC(=O)c1sccc1NC(=O)c1ccc(Cc2cc3c(cc2C)C(C)(C)CCC3(C)C)o1. The van der Waals surface area contributed by atoms with Crippen LogP contribution in [0.15, 0.2) is 40.1 Å². The number of carbonyl (C=O) groups is 2. The summed E-state index contributed by atoms with van der Waals surface area (Å²) in [6.07, 6.45) is 2.97. The molecule has 174 valence electrons. The van der Waals surface area contributed by atoms with Crippen molar-refractivity contribution < 1.29 is 18.7 Å². The number of hydrogen-bond acceptors (Lipinski definition) is 5. The average molecular weight is 466 g/mol. The number of rotatable bonds is 5. The molecule has 0 saturated heterocycles. The van der Waals surface area contributed by atoms with Gasteiger partial charge in [0.2, 0.25) is 0 Å². The van der Waals surface area contributed by atoms with Crippen molar-refractivity contribution in [3.05, 3.63) is 74.4 Å². The largest absolute Gasteiger partial charge is 0.465 e. The van der Waals surface area contributed by atoms with Crippen LogP contribution >= 0.6 is 11.3 Å². The zero-order valence-electron chi connectivity index (χ0n) is 20.1. The predicted octanol–water partition coefficient (Wildman–Crippen LogP) is 6.63. The Morgan fingerprint density at radius 1 is 1.06 bits per heavy atom. The fourth-order valence-electron chi connectivity index (χ4n) is 4.58. The summed E-state index contributed by atoms with van der Waals surface area (Å²) in [6, 6.07) is 9.88. The molecule has 1 N–H and O–H groups in total. The van der Waals surface area contributed by atoms with E-state index in [4.69, 9.17) is 9.15 Å². The van der Waals surface area contributed by atoms with Gasteiger partial charge in [-0.1, -0.05) is 39.8 Å². The molecule has 0 atom stereocenters. The summed E-state index contributed by atoms with van der Waals surface area (Å²) in [7, 11) is 1.32. The van der Waals surface area contributed by atoms with Crippen LogP contribution in [0.4, 0.5) is 5.69 Å². The number of hydrogen-bond donors (Lipinski definition) is 1. The van der Waals surface area contributed by atoms with Gasteiger partial charge in [0.15, 0.2) is 5.76 Å². The van der Waals surface area contributed by atoms with E-state index in [-0.39, 0.29) is 16.6 Å². The number of aryl methyl sites for hydroxylation is 1. The van der Waals surface area contributed by atoms with Crippen LogP contribution in [-0.2, 0) is 22.0 Å². The summed E-state index contributed by atoms with van der Waals surface area (Å²) >= 11 is 1.22. The first-order chi connectivity index (χ1) is 15.5. The molecule has 0 unspecified atom stereocenters. The fraction of sp³-hybridized carbons (Fsp3) is 0.407. The maximum absolute atomic E-state index is 12.7. The molecule has 5 nitrogen and oxygen atoms in total. The first kappa shape index (κ1) is 23.3. The molecule has 2 heterocycles. The van der Waals surface area contributed by atoms with Gasteiger partial charge in [-0.05, 0) is 76.4 Å². The van der Waals surface area contributed by atoms with Crippen molar-refractivity contribution in [2.75, 3.05) is 12.4 Å². The Balaban J connectivity index is 1.55. The van der Waals surface area contributed by atoms with E-state index in [0.29, 0.717) is 17.0 Å². The summed E-state index contributed by atoms with van der Waals surface area (Å²) < 4.78 is 10.7. The van der Waals surface area contributed by atoms with Crippen molar-refractivity contribution in [2.45, 2.75) is 64.7 Å². The number of amides is 1. The third-order valence-corrected chi connectivity index (χ3v) is 7.74. The van der Waals surface area contributed by atoms with Gasteiger partial charge in [-0.3, -0.25) is 4.79 Å². The molecular formula is C27H31NO4S. The maximum atomic E-state index is 12.7. The van der Waals surface area contributed by atoms with Crippen LogP contribution in [0.2, 0.25) is 0 Å². The molecule has 0 saturated carbocycles. The second kappa shape index (κ2) is 8.49. The van der Waals surface area contributed by atoms with E-state index in [9.17, 15) is 9.59 Å². The highest BCUT2D eigenvalue weighted by Crippen LogP contribution is 2.46. The average Bonchev–Trinajstić information content (AvgIpc) is 3.42. The van der Waals surface area contributed by atoms with Crippen LogP contribution < -0.4 is 5.32 Å². The second-order valence-corrected chi connectivity index (χ2v) is 11.1. The van der Waals surface area contributed by atoms with Crippen LogP contribution in [-0.4, -0.2) is 19.0 Å². The minimum absolute atomic E-state index is 0.138. The number of esters is 1.